The molecule has 0 aliphatic carbocycles. The maximum Gasteiger partial charge on any atom is 0.433 e. The van der Waals surface area contributed by atoms with E-state index in [9.17, 15) is 13.2 Å². The van der Waals surface area contributed by atoms with Gasteiger partial charge in [0, 0.05) is 23.3 Å². The molecule has 112 valence electrons. The molecular formula is C13H12BrF3N4. The van der Waals surface area contributed by atoms with Crippen molar-refractivity contribution in [3.8, 4) is 0 Å². The Labute approximate surface area is 127 Å². The van der Waals surface area contributed by atoms with Gasteiger partial charge in [-0.05, 0) is 24.6 Å². The summed E-state index contributed by atoms with van der Waals surface area (Å²) in [6.45, 7) is 1.84. The van der Waals surface area contributed by atoms with Gasteiger partial charge in [0.25, 0.3) is 0 Å². The Hall–Kier alpha value is -1.83. The molecule has 1 heterocycles. The van der Waals surface area contributed by atoms with E-state index in [1.165, 1.54) is 7.05 Å². The lowest BCUT2D eigenvalue weighted by molar-refractivity contribution is -0.141. The molecule has 0 radical (unpaired) electrons. The minimum atomic E-state index is -4.53. The smallest absolute Gasteiger partial charge is 0.357 e. The average Bonchev–Trinajstić information content (AvgIpc) is 2.42. The molecule has 1 aromatic carbocycles. The number of hydrogen-bond acceptors (Lipinski definition) is 4. The van der Waals surface area contributed by atoms with E-state index in [1.54, 1.807) is 12.1 Å². The molecular weight excluding hydrogens is 349 g/mol. The fourth-order valence-electron chi connectivity index (χ4n) is 1.65. The molecule has 0 spiro atoms. The molecule has 1 aromatic heterocycles. The summed E-state index contributed by atoms with van der Waals surface area (Å²) in [6, 6.07) is 6.26. The topological polar surface area (TPSA) is 49.8 Å². The minimum Gasteiger partial charge on any atom is -0.357 e. The third-order valence-electron chi connectivity index (χ3n) is 2.77. The van der Waals surface area contributed by atoms with Crippen molar-refractivity contribution in [1.29, 1.82) is 0 Å². The summed E-state index contributed by atoms with van der Waals surface area (Å²) in [5.41, 5.74) is 0.533. The lowest BCUT2D eigenvalue weighted by atomic mass is 10.2. The number of benzene rings is 1. The maximum atomic E-state index is 12.8. The Kier molecular flexibility index (Phi) is 4.36. The first kappa shape index (κ1) is 15.6. The van der Waals surface area contributed by atoms with Crippen LogP contribution < -0.4 is 10.6 Å². The fourth-order valence-corrected chi connectivity index (χ4v) is 2.02. The predicted molar refractivity (Wildman–Crippen MR) is 78.7 cm³/mol. The molecule has 0 fully saturated rings. The Morgan fingerprint density at radius 1 is 1.19 bits per heavy atom. The zero-order chi connectivity index (χ0) is 15.6. The maximum absolute atomic E-state index is 12.8. The summed E-state index contributed by atoms with van der Waals surface area (Å²) in [5.74, 6) is -0.0251. The molecule has 4 nitrogen and oxygen atoms in total. The van der Waals surface area contributed by atoms with Crippen molar-refractivity contribution in [2.24, 2.45) is 0 Å². The summed E-state index contributed by atoms with van der Waals surface area (Å²) in [6.07, 6.45) is -4.53. The molecule has 21 heavy (non-hydrogen) atoms. The molecule has 8 heteroatoms. The van der Waals surface area contributed by atoms with E-state index in [2.05, 4.69) is 36.5 Å². The van der Waals surface area contributed by atoms with Crippen molar-refractivity contribution in [2.75, 3.05) is 17.7 Å². The highest BCUT2D eigenvalue weighted by molar-refractivity contribution is 9.10. The number of nitrogens with one attached hydrogen (secondary N) is 2. The number of hydrogen-bond donors (Lipinski definition) is 2. The van der Waals surface area contributed by atoms with Crippen LogP contribution in [-0.4, -0.2) is 17.0 Å². The van der Waals surface area contributed by atoms with Crippen LogP contribution in [0.4, 0.5) is 30.6 Å². The van der Waals surface area contributed by atoms with Crippen molar-refractivity contribution in [1.82, 2.24) is 9.97 Å². The van der Waals surface area contributed by atoms with E-state index in [4.69, 9.17) is 0 Å². The van der Waals surface area contributed by atoms with E-state index < -0.39 is 11.9 Å². The standard InChI is InChI=1S/C13H12BrF3N4/c1-7-8(14)4-3-5-9(7)19-11-6-10(13(15,16)17)20-12(18-2)21-11/h3-6H,1-2H3,(H2,18,19,20,21). The number of alkyl halides is 3. The number of nitrogens with zero attached hydrogens (tertiary/aromatic N) is 2. The summed E-state index contributed by atoms with van der Waals surface area (Å²) in [5, 5.41) is 5.40. The number of anilines is 3. The highest BCUT2D eigenvalue weighted by Crippen LogP contribution is 2.31. The number of rotatable bonds is 3. The van der Waals surface area contributed by atoms with Gasteiger partial charge in [0.05, 0.1) is 0 Å². The van der Waals surface area contributed by atoms with E-state index >= 15 is 0 Å². The van der Waals surface area contributed by atoms with E-state index in [0.29, 0.717) is 5.69 Å². The van der Waals surface area contributed by atoms with Gasteiger partial charge in [-0.1, -0.05) is 22.0 Å². The summed E-state index contributed by atoms with van der Waals surface area (Å²) in [7, 11) is 1.46. The number of halogens is 4. The third kappa shape index (κ3) is 3.63. The summed E-state index contributed by atoms with van der Waals surface area (Å²) in [4.78, 5) is 7.39. The van der Waals surface area contributed by atoms with Crippen LogP contribution in [0, 0.1) is 6.92 Å². The molecule has 0 saturated carbocycles. The molecule has 0 aliphatic heterocycles. The van der Waals surface area contributed by atoms with Gasteiger partial charge in [0.15, 0.2) is 5.69 Å². The van der Waals surface area contributed by atoms with Gasteiger partial charge < -0.3 is 10.6 Å². The van der Waals surface area contributed by atoms with Crippen LogP contribution in [0.2, 0.25) is 0 Å². The molecule has 0 unspecified atom stereocenters. The third-order valence-corrected chi connectivity index (χ3v) is 3.63. The molecule has 0 aliphatic rings. The van der Waals surface area contributed by atoms with Gasteiger partial charge >= 0.3 is 6.18 Å². The lowest BCUT2D eigenvalue weighted by Crippen LogP contribution is -2.12. The van der Waals surface area contributed by atoms with E-state index in [-0.39, 0.29) is 11.8 Å². The van der Waals surface area contributed by atoms with Gasteiger partial charge in [-0.25, -0.2) is 4.98 Å². The van der Waals surface area contributed by atoms with Crippen molar-refractivity contribution in [3.63, 3.8) is 0 Å². The second-order valence-electron chi connectivity index (χ2n) is 4.25. The van der Waals surface area contributed by atoms with Crippen LogP contribution in [0.3, 0.4) is 0 Å². The Morgan fingerprint density at radius 2 is 1.90 bits per heavy atom. The van der Waals surface area contributed by atoms with Crippen LogP contribution in [0.1, 0.15) is 11.3 Å². The van der Waals surface area contributed by atoms with Crippen molar-refractivity contribution in [3.05, 3.63) is 40.0 Å². The predicted octanol–water partition coefficient (Wildman–Crippen LogP) is 4.35. The highest BCUT2D eigenvalue weighted by Gasteiger charge is 2.33. The van der Waals surface area contributed by atoms with Gasteiger partial charge in [-0.15, -0.1) is 0 Å². The van der Waals surface area contributed by atoms with Crippen molar-refractivity contribution >= 4 is 33.4 Å². The van der Waals surface area contributed by atoms with E-state index in [0.717, 1.165) is 16.1 Å². The van der Waals surface area contributed by atoms with Crippen molar-refractivity contribution < 1.29 is 13.2 Å². The first-order valence-corrected chi connectivity index (χ1v) is 6.76. The van der Waals surface area contributed by atoms with Crippen LogP contribution in [0.5, 0.6) is 0 Å². The zero-order valence-corrected chi connectivity index (χ0v) is 12.8. The molecule has 0 bridgehead atoms. The van der Waals surface area contributed by atoms with Gasteiger partial charge in [0.1, 0.15) is 5.82 Å². The first-order valence-electron chi connectivity index (χ1n) is 5.97. The van der Waals surface area contributed by atoms with Crippen molar-refractivity contribution in [2.45, 2.75) is 13.1 Å². The monoisotopic (exact) mass is 360 g/mol. The van der Waals surface area contributed by atoms with Crippen LogP contribution >= 0.6 is 15.9 Å². The minimum absolute atomic E-state index is 0.0721. The lowest BCUT2D eigenvalue weighted by Gasteiger charge is -2.13. The molecule has 2 aromatic rings. The normalized spacial score (nSPS) is 11.3. The van der Waals surface area contributed by atoms with Crippen LogP contribution in [0.15, 0.2) is 28.7 Å². The molecule has 0 saturated heterocycles. The SMILES string of the molecule is CNc1nc(Nc2cccc(Br)c2C)cc(C(F)(F)F)n1. The molecule has 2 N–H and O–H groups in total. The molecule has 0 atom stereocenters. The fraction of sp³-hybridized carbons (Fsp3) is 0.231. The molecule has 0 amide bonds. The van der Waals surface area contributed by atoms with Gasteiger partial charge in [-0.2, -0.15) is 18.2 Å². The highest BCUT2D eigenvalue weighted by atomic mass is 79.9. The number of aromatic nitrogens is 2. The Balaban J connectivity index is 2.42. The second-order valence-corrected chi connectivity index (χ2v) is 5.10. The molecule has 2 rings (SSSR count). The van der Waals surface area contributed by atoms with Crippen LogP contribution in [0.25, 0.3) is 0 Å². The van der Waals surface area contributed by atoms with E-state index in [1.807, 2.05) is 13.0 Å². The summed E-state index contributed by atoms with van der Waals surface area (Å²) < 4.78 is 39.3. The zero-order valence-electron chi connectivity index (χ0n) is 11.2. The van der Waals surface area contributed by atoms with Gasteiger partial charge in [-0.3, -0.25) is 0 Å². The average molecular weight is 361 g/mol. The summed E-state index contributed by atoms with van der Waals surface area (Å²) >= 11 is 3.37. The Morgan fingerprint density at radius 3 is 2.52 bits per heavy atom. The quantitative estimate of drug-likeness (QED) is 0.854. The first-order chi connectivity index (χ1) is 9.81. The second kappa shape index (κ2) is 5.88. The van der Waals surface area contributed by atoms with Gasteiger partial charge in [0.2, 0.25) is 5.95 Å². The Bertz CT molecular complexity index is 658. The van der Waals surface area contributed by atoms with Crippen LogP contribution in [-0.2, 0) is 6.18 Å². The largest absolute Gasteiger partial charge is 0.433 e.